The largest absolute Gasteiger partial charge is 0.497 e. The molecule has 0 aliphatic carbocycles. The first-order chi connectivity index (χ1) is 8.19. The van der Waals surface area contributed by atoms with Gasteiger partial charge >= 0.3 is 5.63 Å². The van der Waals surface area contributed by atoms with Crippen molar-refractivity contribution >= 4 is 27.3 Å². The van der Waals surface area contributed by atoms with Crippen LogP contribution < -0.4 is 15.7 Å². The first-order valence-corrected chi connectivity index (χ1v) is 5.68. The third-order valence-electron chi connectivity index (χ3n) is 2.15. The first-order valence-electron chi connectivity index (χ1n) is 4.88. The highest BCUT2D eigenvalue weighted by molar-refractivity contribution is 9.10. The molecule has 1 N–H and O–H groups in total. The number of benzene rings is 1. The van der Waals surface area contributed by atoms with Gasteiger partial charge in [-0.2, -0.15) is 0 Å². The van der Waals surface area contributed by atoms with E-state index >= 15 is 0 Å². The van der Waals surface area contributed by atoms with Crippen molar-refractivity contribution in [1.82, 2.24) is 0 Å². The molecule has 0 unspecified atom stereocenters. The molecule has 4 nitrogen and oxygen atoms in total. The Bertz CT molecular complexity index is 563. The van der Waals surface area contributed by atoms with Gasteiger partial charge in [-0.05, 0) is 46.3 Å². The third kappa shape index (κ3) is 2.88. The third-order valence-corrected chi connectivity index (χ3v) is 2.57. The molecule has 0 aliphatic heterocycles. The van der Waals surface area contributed by atoms with Crippen LogP contribution in [0, 0.1) is 0 Å². The van der Waals surface area contributed by atoms with E-state index in [1.165, 1.54) is 6.26 Å². The zero-order valence-electron chi connectivity index (χ0n) is 9.07. The van der Waals surface area contributed by atoms with E-state index in [0.29, 0.717) is 10.2 Å². The second-order valence-electron chi connectivity index (χ2n) is 3.32. The monoisotopic (exact) mass is 295 g/mol. The Balaban J connectivity index is 2.25. The van der Waals surface area contributed by atoms with Crippen molar-refractivity contribution < 1.29 is 9.15 Å². The van der Waals surface area contributed by atoms with E-state index in [2.05, 4.69) is 21.2 Å². The normalized spacial score (nSPS) is 10.0. The molecule has 1 aromatic carbocycles. The lowest BCUT2D eigenvalue weighted by molar-refractivity contribution is 0.415. The Kier molecular flexibility index (Phi) is 3.49. The molecule has 0 aliphatic rings. The maximum absolute atomic E-state index is 11.4. The summed E-state index contributed by atoms with van der Waals surface area (Å²) in [6.07, 6.45) is 1.35. The number of halogens is 1. The Labute approximate surface area is 106 Å². The van der Waals surface area contributed by atoms with Gasteiger partial charge in [-0.15, -0.1) is 0 Å². The van der Waals surface area contributed by atoms with E-state index < -0.39 is 5.63 Å². The van der Waals surface area contributed by atoms with Crippen LogP contribution in [0.1, 0.15) is 0 Å². The predicted molar refractivity (Wildman–Crippen MR) is 69.0 cm³/mol. The summed E-state index contributed by atoms with van der Waals surface area (Å²) in [5.41, 5.74) is 0.754. The van der Waals surface area contributed by atoms with E-state index in [4.69, 9.17) is 9.15 Å². The van der Waals surface area contributed by atoms with Gasteiger partial charge in [-0.1, -0.05) is 0 Å². The summed E-state index contributed by atoms with van der Waals surface area (Å²) in [5, 5.41) is 2.97. The number of anilines is 2. The molecule has 2 rings (SSSR count). The topological polar surface area (TPSA) is 51.5 Å². The minimum Gasteiger partial charge on any atom is -0.497 e. The van der Waals surface area contributed by atoms with Crippen LogP contribution in [0.25, 0.3) is 0 Å². The maximum atomic E-state index is 11.4. The molecule has 0 atom stereocenters. The van der Waals surface area contributed by atoms with Gasteiger partial charge in [0.1, 0.15) is 17.7 Å². The van der Waals surface area contributed by atoms with Crippen LogP contribution in [0.2, 0.25) is 0 Å². The number of hydrogen-bond acceptors (Lipinski definition) is 4. The average Bonchev–Trinajstić information content (AvgIpc) is 2.35. The van der Waals surface area contributed by atoms with Crippen molar-refractivity contribution in [2.75, 3.05) is 12.4 Å². The summed E-state index contributed by atoms with van der Waals surface area (Å²) in [7, 11) is 1.60. The number of methoxy groups -OCH3 is 1. The number of rotatable bonds is 3. The van der Waals surface area contributed by atoms with Gasteiger partial charge in [0.15, 0.2) is 0 Å². The molecule has 17 heavy (non-hydrogen) atoms. The van der Waals surface area contributed by atoms with Gasteiger partial charge in [-0.25, -0.2) is 4.79 Å². The molecular weight excluding hydrogens is 286 g/mol. The maximum Gasteiger partial charge on any atom is 0.359 e. The van der Waals surface area contributed by atoms with Crippen LogP contribution >= 0.6 is 15.9 Å². The van der Waals surface area contributed by atoms with Crippen LogP contribution in [0.3, 0.4) is 0 Å². The summed E-state index contributed by atoms with van der Waals surface area (Å²) < 4.78 is 10.6. The molecule has 0 saturated heterocycles. The number of hydrogen-bond donors (Lipinski definition) is 1. The highest BCUT2D eigenvalue weighted by atomic mass is 79.9. The Morgan fingerprint density at radius 1 is 1.29 bits per heavy atom. The zero-order valence-corrected chi connectivity index (χ0v) is 10.7. The fraction of sp³-hybridized carbons (Fsp3) is 0.0833. The molecule has 0 radical (unpaired) electrons. The van der Waals surface area contributed by atoms with Crippen molar-refractivity contribution in [2.24, 2.45) is 0 Å². The zero-order chi connectivity index (χ0) is 12.3. The Hall–Kier alpha value is -1.75. The Morgan fingerprint density at radius 2 is 2.00 bits per heavy atom. The van der Waals surface area contributed by atoms with Crippen LogP contribution in [0.5, 0.6) is 5.75 Å². The van der Waals surface area contributed by atoms with Crippen molar-refractivity contribution in [3.63, 3.8) is 0 Å². The summed E-state index contributed by atoms with van der Waals surface area (Å²) in [5.74, 6) is 0.761. The van der Waals surface area contributed by atoms with Gasteiger partial charge in [0, 0.05) is 5.69 Å². The highest BCUT2D eigenvalue weighted by Crippen LogP contribution is 2.19. The van der Waals surface area contributed by atoms with E-state index in [9.17, 15) is 4.79 Å². The van der Waals surface area contributed by atoms with Crippen molar-refractivity contribution in [3.05, 3.63) is 51.5 Å². The summed E-state index contributed by atoms with van der Waals surface area (Å²) in [4.78, 5) is 11.4. The second kappa shape index (κ2) is 5.05. The van der Waals surface area contributed by atoms with Gasteiger partial charge in [0.05, 0.1) is 11.6 Å². The second-order valence-corrected chi connectivity index (χ2v) is 4.24. The predicted octanol–water partition coefficient (Wildman–Crippen LogP) is 3.15. The highest BCUT2D eigenvalue weighted by Gasteiger charge is 2.03. The standard InChI is InChI=1S/C12H10BrNO3/c1-16-10-4-2-9(3-5-10)14-11-6-8(13)7-17-12(11)15/h2-7,14H,1H3. The SMILES string of the molecule is COc1ccc(Nc2cc(Br)coc2=O)cc1. The lowest BCUT2D eigenvalue weighted by Gasteiger charge is -2.06. The molecule has 0 fully saturated rings. The van der Waals surface area contributed by atoms with E-state index in [1.807, 2.05) is 24.3 Å². The van der Waals surface area contributed by atoms with Crippen molar-refractivity contribution in [2.45, 2.75) is 0 Å². The molecular formula is C12H10BrNO3. The fourth-order valence-corrected chi connectivity index (χ4v) is 1.64. The molecule has 88 valence electrons. The lowest BCUT2D eigenvalue weighted by Crippen LogP contribution is -2.05. The quantitative estimate of drug-likeness (QED) is 0.945. The molecule has 1 heterocycles. The fourth-order valence-electron chi connectivity index (χ4n) is 1.32. The molecule has 0 bridgehead atoms. The van der Waals surface area contributed by atoms with Crippen LogP contribution in [-0.2, 0) is 0 Å². The summed E-state index contributed by atoms with van der Waals surface area (Å²) in [6.45, 7) is 0. The number of nitrogens with one attached hydrogen (secondary N) is 1. The van der Waals surface area contributed by atoms with Crippen LogP contribution in [0.15, 0.2) is 50.3 Å². The van der Waals surface area contributed by atoms with Gasteiger partial charge in [0.25, 0.3) is 0 Å². The van der Waals surface area contributed by atoms with Crippen molar-refractivity contribution in [1.29, 1.82) is 0 Å². The van der Waals surface area contributed by atoms with Crippen LogP contribution in [0.4, 0.5) is 11.4 Å². The van der Waals surface area contributed by atoms with Gasteiger partial charge in [0.2, 0.25) is 0 Å². The first kappa shape index (κ1) is 11.7. The molecule has 0 amide bonds. The Morgan fingerprint density at radius 3 is 2.65 bits per heavy atom. The molecule has 2 aromatic rings. The van der Waals surface area contributed by atoms with E-state index in [1.54, 1.807) is 13.2 Å². The van der Waals surface area contributed by atoms with Gasteiger partial charge in [-0.3, -0.25) is 0 Å². The summed E-state index contributed by atoms with van der Waals surface area (Å²) >= 11 is 3.24. The average molecular weight is 296 g/mol. The molecule has 0 saturated carbocycles. The van der Waals surface area contributed by atoms with E-state index in [-0.39, 0.29) is 0 Å². The van der Waals surface area contributed by atoms with Crippen molar-refractivity contribution in [3.8, 4) is 5.75 Å². The minimum atomic E-state index is -0.413. The van der Waals surface area contributed by atoms with Crippen LogP contribution in [-0.4, -0.2) is 7.11 Å². The van der Waals surface area contributed by atoms with Gasteiger partial charge < -0.3 is 14.5 Å². The summed E-state index contributed by atoms with van der Waals surface area (Å²) in [6, 6.07) is 8.91. The molecule has 0 spiro atoms. The molecule has 1 aromatic heterocycles. The lowest BCUT2D eigenvalue weighted by atomic mass is 10.3. The minimum absolute atomic E-state index is 0.379. The molecule has 5 heteroatoms. The smallest absolute Gasteiger partial charge is 0.359 e. The van der Waals surface area contributed by atoms with E-state index in [0.717, 1.165) is 11.4 Å². The number of ether oxygens (including phenoxy) is 1.